The molecule has 2 heterocycles. The summed E-state index contributed by atoms with van der Waals surface area (Å²) in [5.41, 5.74) is 5.66. The van der Waals surface area contributed by atoms with Crippen molar-refractivity contribution in [3.63, 3.8) is 0 Å². The van der Waals surface area contributed by atoms with Gasteiger partial charge < -0.3 is 14.2 Å². The maximum Gasteiger partial charge on any atom is 0.155 e. The van der Waals surface area contributed by atoms with E-state index in [4.69, 9.17) is 9.26 Å². The van der Waals surface area contributed by atoms with Gasteiger partial charge in [-0.2, -0.15) is 0 Å². The molecule has 0 aliphatic heterocycles. The summed E-state index contributed by atoms with van der Waals surface area (Å²) in [4.78, 5) is 7.88. The highest BCUT2D eigenvalue weighted by atomic mass is 16.5. The highest BCUT2D eigenvalue weighted by Gasteiger charge is 2.17. The van der Waals surface area contributed by atoms with Crippen LogP contribution < -0.4 is 4.74 Å². The fraction of sp³-hybridized carbons (Fsp3) is 0.200. The van der Waals surface area contributed by atoms with E-state index in [1.54, 1.807) is 0 Å². The molecule has 1 N–H and O–H groups in total. The van der Waals surface area contributed by atoms with Gasteiger partial charge in [-0.15, -0.1) is 0 Å². The Morgan fingerprint density at radius 1 is 1.00 bits per heavy atom. The van der Waals surface area contributed by atoms with Gasteiger partial charge in [0, 0.05) is 5.56 Å². The van der Waals surface area contributed by atoms with E-state index in [1.165, 1.54) is 0 Å². The van der Waals surface area contributed by atoms with E-state index in [0.717, 1.165) is 50.8 Å². The standard InChI is InChI=1S/C20H19N3O2/c1-11-7-5-6-8-17(11)24-18-10-15(19-12(2)23-25-13(19)3)9-16-20(18)22-14(4)21-16/h5-10H,1-4H3,(H,21,22). The molecule has 25 heavy (non-hydrogen) atoms. The minimum absolute atomic E-state index is 0.714. The molecule has 4 rings (SSSR count). The van der Waals surface area contributed by atoms with Crippen molar-refractivity contribution in [3.8, 4) is 22.6 Å². The third kappa shape index (κ3) is 2.67. The zero-order valence-corrected chi connectivity index (χ0v) is 14.7. The smallest absolute Gasteiger partial charge is 0.155 e. The quantitative estimate of drug-likeness (QED) is 0.556. The average Bonchev–Trinajstić information content (AvgIpc) is 3.11. The van der Waals surface area contributed by atoms with Gasteiger partial charge in [0.15, 0.2) is 5.75 Å². The number of imidazole rings is 1. The number of aromatic nitrogens is 3. The molecule has 0 bridgehead atoms. The number of benzene rings is 2. The molecule has 0 amide bonds. The fourth-order valence-electron chi connectivity index (χ4n) is 3.12. The number of nitrogens with one attached hydrogen (secondary N) is 1. The summed E-state index contributed by atoms with van der Waals surface area (Å²) in [6.07, 6.45) is 0. The molecule has 0 atom stereocenters. The number of aromatic amines is 1. The molecule has 5 heteroatoms. The molecule has 5 nitrogen and oxygen atoms in total. The lowest BCUT2D eigenvalue weighted by molar-refractivity contribution is 0.393. The minimum atomic E-state index is 0.714. The van der Waals surface area contributed by atoms with Crippen LogP contribution in [0.3, 0.4) is 0 Å². The van der Waals surface area contributed by atoms with Crippen LogP contribution in [0.25, 0.3) is 22.2 Å². The van der Waals surface area contributed by atoms with Crippen LogP contribution in [0.15, 0.2) is 40.9 Å². The van der Waals surface area contributed by atoms with Crippen LogP contribution in [0.4, 0.5) is 0 Å². The maximum atomic E-state index is 6.22. The predicted molar refractivity (Wildman–Crippen MR) is 97.1 cm³/mol. The van der Waals surface area contributed by atoms with Crippen LogP contribution in [0.5, 0.6) is 11.5 Å². The number of rotatable bonds is 3. The summed E-state index contributed by atoms with van der Waals surface area (Å²) in [6.45, 7) is 7.82. The van der Waals surface area contributed by atoms with Crippen molar-refractivity contribution in [1.29, 1.82) is 0 Å². The van der Waals surface area contributed by atoms with E-state index in [2.05, 4.69) is 21.2 Å². The van der Waals surface area contributed by atoms with E-state index in [9.17, 15) is 0 Å². The van der Waals surface area contributed by atoms with Gasteiger partial charge in [0.05, 0.1) is 11.2 Å². The molecule has 0 fully saturated rings. The van der Waals surface area contributed by atoms with Crippen LogP contribution in [-0.4, -0.2) is 15.1 Å². The van der Waals surface area contributed by atoms with Crippen molar-refractivity contribution in [2.24, 2.45) is 0 Å². The van der Waals surface area contributed by atoms with Crippen molar-refractivity contribution < 1.29 is 9.26 Å². The molecule has 0 radical (unpaired) electrons. The zero-order valence-electron chi connectivity index (χ0n) is 14.7. The van der Waals surface area contributed by atoms with Crippen LogP contribution in [-0.2, 0) is 0 Å². The van der Waals surface area contributed by atoms with Crippen molar-refractivity contribution in [2.45, 2.75) is 27.7 Å². The summed E-state index contributed by atoms with van der Waals surface area (Å²) in [7, 11) is 0. The van der Waals surface area contributed by atoms with E-state index in [1.807, 2.05) is 58.0 Å². The molecule has 126 valence electrons. The van der Waals surface area contributed by atoms with Crippen LogP contribution >= 0.6 is 0 Å². The number of hydrogen-bond donors (Lipinski definition) is 1. The van der Waals surface area contributed by atoms with Crippen LogP contribution in [0, 0.1) is 27.7 Å². The number of nitrogens with zero attached hydrogens (tertiary/aromatic N) is 2. The normalized spacial score (nSPS) is 11.2. The highest BCUT2D eigenvalue weighted by Crippen LogP contribution is 2.37. The number of H-pyrrole nitrogens is 1. The van der Waals surface area contributed by atoms with Crippen LogP contribution in [0.2, 0.25) is 0 Å². The maximum absolute atomic E-state index is 6.22. The summed E-state index contributed by atoms with van der Waals surface area (Å²) in [6, 6.07) is 12.0. The predicted octanol–water partition coefficient (Wildman–Crippen LogP) is 5.24. The molecule has 0 saturated heterocycles. The Labute approximate surface area is 145 Å². The topological polar surface area (TPSA) is 63.9 Å². The number of fused-ring (bicyclic) bond motifs is 1. The monoisotopic (exact) mass is 333 g/mol. The van der Waals surface area contributed by atoms with Crippen molar-refractivity contribution in [2.75, 3.05) is 0 Å². The largest absolute Gasteiger partial charge is 0.455 e. The Morgan fingerprint density at radius 3 is 2.52 bits per heavy atom. The van der Waals surface area contributed by atoms with Gasteiger partial charge in [0.1, 0.15) is 22.9 Å². The van der Waals surface area contributed by atoms with Gasteiger partial charge in [0.25, 0.3) is 0 Å². The van der Waals surface area contributed by atoms with E-state index in [-0.39, 0.29) is 0 Å². The molecular weight excluding hydrogens is 314 g/mol. The first-order valence-corrected chi connectivity index (χ1v) is 8.20. The fourth-order valence-corrected chi connectivity index (χ4v) is 3.12. The van der Waals surface area contributed by atoms with Crippen molar-refractivity contribution >= 4 is 11.0 Å². The second kappa shape index (κ2) is 5.77. The molecule has 0 saturated carbocycles. The first-order chi connectivity index (χ1) is 12.0. The second-order valence-corrected chi connectivity index (χ2v) is 6.26. The van der Waals surface area contributed by atoms with Crippen LogP contribution in [0.1, 0.15) is 22.8 Å². The average molecular weight is 333 g/mol. The first kappa shape index (κ1) is 15.4. The van der Waals surface area contributed by atoms with Gasteiger partial charge in [-0.3, -0.25) is 0 Å². The summed E-state index contributed by atoms with van der Waals surface area (Å²) >= 11 is 0. The Hall–Kier alpha value is -3.08. The second-order valence-electron chi connectivity index (χ2n) is 6.26. The Morgan fingerprint density at radius 2 is 1.80 bits per heavy atom. The summed E-state index contributed by atoms with van der Waals surface area (Å²) in [5, 5.41) is 4.06. The van der Waals surface area contributed by atoms with E-state index in [0.29, 0.717) is 5.75 Å². The molecule has 0 aliphatic rings. The number of para-hydroxylation sites is 1. The number of hydrogen-bond acceptors (Lipinski definition) is 4. The lowest BCUT2D eigenvalue weighted by Crippen LogP contribution is -1.91. The summed E-state index contributed by atoms with van der Waals surface area (Å²) < 4.78 is 11.5. The number of ether oxygens (including phenoxy) is 1. The number of aryl methyl sites for hydroxylation is 4. The van der Waals surface area contributed by atoms with E-state index >= 15 is 0 Å². The first-order valence-electron chi connectivity index (χ1n) is 8.20. The lowest BCUT2D eigenvalue weighted by atomic mass is 10.0. The van der Waals surface area contributed by atoms with E-state index < -0.39 is 0 Å². The lowest BCUT2D eigenvalue weighted by Gasteiger charge is -2.11. The van der Waals surface area contributed by atoms with Crippen molar-refractivity contribution in [1.82, 2.24) is 15.1 Å². The molecular formula is C20H19N3O2. The van der Waals surface area contributed by atoms with Gasteiger partial charge in [-0.1, -0.05) is 23.4 Å². The third-order valence-corrected chi connectivity index (χ3v) is 4.31. The summed E-state index contributed by atoms with van der Waals surface area (Å²) in [5.74, 6) is 3.17. The van der Waals surface area contributed by atoms with Gasteiger partial charge in [-0.25, -0.2) is 4.98 Å². The molecule has 0 spiro atoms. The third-order valence-electron chi connectivity index (χ3n) is 4.31. The van der Waals surface area contributed by atoms with Gasteiger partial charge in [-0.05, 0) is 57.0 Å². The highest BCUT2D eigenvalue weighted by molar-refractivity contribution is 5.88. The molecule has 2 aromatic carbocycles. The minimum Gasteiger partial charge on any atom is -0.455 e. The Kier molecular flexibility index (Phi) is 3.57. The molecule has 4 aromatic rings. The van der Waals surface area contributed by atoms with Crippen molar-refractivity contribution in [3.05, 3.63) is 59.2 Å². The SMILES string of the molecule is Cc1nc2c(Oc3ccccc3C)cc(-c3c(C)noc3C)cc2[nH]1. The molecule has 2 aromatic heterocycles. The Bertz CT molecular complexity index is 1060. The van der Waals surface area contributed by atoms with Gasteiger partial charge in [0.2, 0.25) is 0 Å². The van der Waals surface area contributed by atoms with Gasteiger partial charge >= 0.3 is 0 Å². The molecule has 0 aliphatic carbocycles. The molecule has 0 unspecified atom stereocenters. The Balaban J connectivity index is 1.92. The zero-order chi connectivity index (χ0) is 17.6.